The Morgan fingerprint density at radius 3 is 2.80 bits per heavy atom. The first-order valence-corrected chi connectivity index (χ1v) is 7.18. The van der Waals surface area contributed by atoms with Crippen molar-refractivity contribution in [1.29, 1.82) is 0 Å². The average Bonchev–Trinajstić information content (AvgIpc) is 2.41. The molecule has 1 saturated carbocycles. The molecule has 0 amide bonds. The maximum atomic E-state index is 10.9. The minimum Gasteiger partial charge on any atom is -0.391 e. The minimum absolute atomic E-state index is 0.0678. The standard InChI is InChI=1S/C14H19ClN2O3/c1-16(12-4-2-3-5-14(12)18)9-10-6-7-11(15)13(8-10)17(19)20/h6-8,12,14,18H,2-5,9H2,1H3. The van der Waals surface area contributed by atoms with Gasteiger partial charge in [0.2, 0.25) is 0 Å². The summed E-state index contributed by atoms with van der Waals surface area (Å²) in [7, 11) is 1.94. The Bertz CT molecular complexity index is 495. The molecule has 1 fully saturated rings. The molecule has 2 unspecified atom stereocenters. The first-order chi connectivity index (χ1) is 9.49. The monoisotopic (exact) mass is 298 g/mol. The van der Waals surface area contributed by atoms with Gasteiger partial charge in [-0.05, 0) is 31.5 Å². The van der Waals surface area contributed by atoms with Gasteiger partial charge < -0.3 is 5.11 Å². The maximum absolute atomic E-state index is 10.9. The van der Waals surface area contributed by atoms with E-state index in [0.717, 1.165) is 31.2 Å². The molecule has 1 aliphatic carbocycles. The predicted molar refractivity (Wildman–Crippen MR) is 77.8 cm³/mol. The van der Waals surface area contributed by atoms with E-state index in [9.17, 15) is 15.2 Å². The predicted octanol–water partition coefficient (Wildman–Crippen LogP) is 2.98. The topological polar surface area (TPSA) is 66.6 Å². The highest BCUT2D eigenvalue weighted by Gasteiger charge is 2.26. The second kappa shape index (κ2) is 6.52. The van der Waals surface area contributed by atoms with Crippen LogP contribution >= 0.6 is 11.6 Å². The number of nitrogens with zero attached hydrogens (tertiary/aromatic N) is 2. The van der Waals surface area contributed by atoms with Crippen LogP contribution in [0.3, 0.4) is 0 Å². The van der Waals surface area contributed by atoms with Crippen molar-refractivity contribution in [3.05, 3.63) is 38.9 Å². The molecule has 5 nitrogen and oxygen atoms in total. The molecule has 0 spiro atoms. The van der Waals surface area contributed by atoms with E-state index < -0.39 is 4.92 Å². The summed E-state index contributed by atoms with van der Waals surface area (Å²) < 4.78 is 0. The third-order valence-corrected chi connectivity index (χ3v) is 4.22. The van der Waals surface area contributed by atoms with E-state index >= 15 is 0 Å². The first-order valence-electron chi connectivity index (χ1n) is 6.80. The van der Waals surface area contributed by atoms with Crippen molar-refractivity contribution in [2.75, 3.05) is 7.05 Å². The van der Waals surface area contributed by atoms with E-state index in [1.54, 1.807) is 12.1 Å². The highest BCUT2D eigenvalue weighted by atomic mass is 35.5. The van der Waals surface area contributed by atoms with Crippen LogP contribution in [0.15, 0.2) is 18.2 Å². The molecule has 1 aliphatic rings. The third-order valence-electron chi connectivity index (χ3n) is 3.90. The van der Waals surface area contributed by atoms with Gasteiger partial charge in [-0.25, -0.2) is 0 Å². The second-order valence-corrected chi connectivity index (χ2v) is 5.78. The number of aliphatic hydroxyl groups is 1. The van der Waals surface area contributed by atoms with Gasteiger partial charge in [-0.15, -0.1) is 0 Å². The molecule has 0 bridgehead atoms. The number of nitro groups is 1. The summed E-state index contributed by atoms with van der Waals surface area (Å²) in [6.07, 6.45) is 3.67. The highest BCUT2D eigenvalue weighted by molar-refractivity contribution is 6.32. The summed E-state index contributed by atoms with van der Waals surface area (Å²) in [5, 5.41) is 21.1. The van der Waals surface area contributed by atoms with E-state index in [1.807, 2.05) is 7.05 Å². The number of nitro benzene ring substituents is 1. The van der Waals surface area contributed by atoms with Gasteiger partial charge in [-0.1, -0.05) is 30.5 Å². The van der Waals surface area contributed by atoms with Gasteiger partial charge >= 0.3 is 0 Å². The number of likely N-dealkylation sites (N-methyl/N-ethyl adjacent to an activating group) is 1. The molecule has 1 aromatic carbocycles. The molecule has 0 aromatic heterocycles. The van der Waals surface area contributed by atoms with Crippen molar-refractivity contribution in [2.45, 2.75) is 44.4 Å². The molecule has 20 heavy (non-hydrogen) atoms. The zero-order valence-corrected chi connectivity index (χ0v) is 12.2. The molecule has 0 saturated heterocycles. The Morgan fingerprint density at radius 1 is 1.45 bits per heavy atom. The van der Waals surface area contributed by atoms with Crippen LogP contribution in [-0.4, -0.2) is 34.1 Å². The molecule has 2 atom stereocenters. The Kier molecular flexibility index (Phi) is 4.96. The molecule has 6 heteroatoms. The lowest BCUT2D eigenvalue weighted by Crippen LogP contribution is -2.42. The van der Waals surface area contributed by atoms with Crippen LogP contribution in [0.2, 0.25) is 5.02 Å². The zero-order chi connectivity index (χ0) is 14.7. The van der Waals surface area contributed by atoms with E-state index in [4.69, 9.17) is 11.6 Å². The molecular formula is C14H19ClN2O3. The van der Waals surface area contributed by atoms with E-state index in [-0.39, 0.29) is 22.9 Å². The summed E-state index contributed by atoms with van der Waals surface area (Å²) in [6, 6.07) is 4.98. The number of aliphatic hydroxyl groups excluding tert-OH is 1. The van der Waals surface area contributed by atoms with Gasteiger partial charge in [-0.3, -0.25) is 15.0 Å². The molecule has 0 radical (unpaired) electrons. The van der Waals surface area contributed by atoms with Gasteiger partial charge in [-0.2, -0.15) is 0 Å². The SMILES string of the molecule is CN(Cc1ccc(Cl)c([N+](=O)[O-])c1)C1CCCCC1O. The summed E-state index contributed by atoms with van der Waals surface area (Å²) in [6.45, 7) is 0.569. The third kappa shape index (κ3) is 3.48. The van der Waals surface area contributed by atoms with Crippen LogP contribution in [0.5, 0.6) is 0 Å². The molecular weight excluding hydrogens is 280 g/mol. The summed E-state index contributed by atoms with van der Waals surface area (Å²) in [5.41, 5.74) is 0.767. The van der Waals surface area contributed by atoms with Crippen molar-refractivity contribution < 1.29 is 10.0 Å². The Labute approximate surface area is 123 Å². The quantitative estimate of drug-likeness (QED) is 0.685. The molecule has 110 valence electrons. The number of hydrogen-bond acceptors (Lipinski definition) is 4. The van der Waals surface area contributed by atoms with Crippen LogP contribution in [0.25, 0.3) is 0 Å². The van der Waals surface area contributed by atoms with Crippen molar-refractivity contribution >= 4 is 17.3 Å². The van der Waals surface area contributed by atoms with Crippen LogP contribution in [0.4, 0.5) is 5.69 Å². The minimum atomic E-state index is -0.471. The van der Waals surface area contributed by atoms with Gasteiger partial charge in [0, 0.05) is 18.7 Å². The molecule has 2 rings (SSSR count). The summed E-state index contributed by atoms with van der Waals surface area (Å²) in [5.74, 6) is 0. The number of hydrogen-bond donors (Lipinski definition) is 1. The number of benzene rings is 1. The molecule has 0 heterocycles. The maximum Gasteiger partial charge on any atom is 0.288 e. The zero-order valence-electron chi connectivity index (χ0n) is 11.5. The normalized spacial score (nSPS) is 23.0. The van der Waals surface area contributed by atoms with Gasteiger partial charge in [0.15, 0.2) is 0 Å². The van der Waals surface area contributed by atoms with Crippen LogP contribution < -0.4 is 0 Å². The highest BCUT2D eigenvalue weighted by Crippen LogP contribution is 2.27. The lowest BCUT2D eigenvalue weighted by atomic mass is 9.91. The Morgan fingerprint density at radius 2 is 2.15 bits per heavy atom. The first kappa shape index (κ1) is 15.2. The molecule has 1 aromatic rings. The number of halogens is 1. The van der Waals surface area contributed by atoms with Crippen molar-refractivity contribution in [1.82, 2.24) is 4.90 Å². The summed E-state index contributed by atoms with van der Waals surface area (Å²) in [4.78, 5) is 12.5. The Hall–Kier alpha value is -1.17. The van der Waals surface area contributed by atoms with Crippen molar-refractivity contribution in [3.63, 3.8) is 0 Å². The lowest BCUT2D eigenvalue weighted by Gasteiger charge is -2.35. The smallest absolute Gasteiger partial charge is 0.288 e. The largest absolute Gasteiger partial charge is 0.391 e. The van der Waals surface area contributed by atoms with Gasteiger partial charge in [0.1, 0.15) is 5.02 Å². The van der Waals surface area contributed by atoms with Crippen LogP contribution in [0.1, 0.15) is 31.2 Å². The van der Waals surface area contributed by atoms with E-state index in [2.05, 4.69) is 4.90 Å². The van der Waals surface area contributed by atoms with E-state index in [0.29, 0.717) is 6.54 Å². The fraction of sp³-hybridized carbons (Fsp3) is 0.571. The number of rotatable bonds is 4. The fourth-order valence-electron chi connectivity index (χ4n) is 2.81. The second-order valence-electron chi connectivity index (χ2n) is 5.38. The average molecular weight is 299 g/mol. The van der Waals surface area contributed by atoms with Crippen molar-refractivity contribution in [2.24, 2.45) is 0 Å². The molecule has 1 N–H and O–H groups in total. The Balaban J connectivity index is 2.09. The van der Waals surface area contributed by atoms with Crippen LogP contribution in [-0.2, 0) is 6.54 Å². The van der Waals surface area contributed by atoms with Gasteiger partial charge in [0.05, 0.1) is 11.0 Å². The van der Waals surface area contributed by atoms with Crippen molar-refractivity contribution in [3.8, 4) is 0 Å². The molecule has 0 aliphatic heterocycles. The summed E-state index contributed by atoms with van der Waals surface area (Å²) >= 11 is 5.80. The van der Waals surface area contributed by atoms with Gasteiger partial charge in [0.25, 0.3) is 5.69 Å². The fourth-order valence-corrected chi connectivity index (χ4v) is 2.99. The lowest BCUT2D eigenvalue weighted by molar-refractivity contribution is -0.384. The van der Waals surface area contributed by atoms with Crippen LogP contribution in [0, 0.1) is 10.1 Å². The van der Waals surface area contributed by atoms with E-state index in [1.165, 1.54) is 6.07 Å².